The first-order chi connectivity index (χ1) is 8.77. The highest BCUT2D eigenvalue weighted by Crippen LogP contribution is 2.18. The molecule has 1 rings (SSSR count). The number of ether oxygens (including phenoxy) is 2. The monoisotopic (exact) mass is 255 g/mol. The highest BCUT2D eigenvalue weighted by molar-refractivity contribution is 5.19. The third-order valence-corrected chi connectivity index (χ3v) is 2.61. The maximum atomic E-state index is 13.2. The van der Waals surface area contributed by atoms with E-state index in [2.05, 4.69) is 5.32 Å². The van der Waals surface area contributed by atoms with Gasteiger partial charge in [0.2, 0.25) is 0 Å². The zero-order valence-electron chi connectivity index (χ0n) is 11.1. The summed E-state index contributed by atoms with van der Waals surface area (Å²) in [5.74, 6) is -0.227. The molecule has 0 spiro atoms. The van der Waals surface area contributed by atoms with Crippen LogP contribution in [0.1, 0.15) is 25.0 Å². The van der Waals surface area contributed by atoms with Gasteiger partial charge in [-0.15, -0.1) is 0 Å². The Balaban J connectivity index is 2.54. The Morgan fingerprint density at radius 2 is 2.17 bits per heavy atom. The third-order valence-electron chi connectivity index (χ3n) is 2.61. The van der Waals surface area contributed by atoms with Gasteiger partial charge in [0, 0.05) is 26.9 Å². The molecule has 0 aromatic heterocycles. The molecule has 1 aromatic carbocycles. The quantitative estimate of drug-likeness (QED) is 0.688. The van der Waals surface area contributed by atoms with Crippen molar-refractivity contribution in [3.63, 3.8) is 0 Å². The zero-order chi connectivity index (χ0) is 13.2. The number of methoxy groups -OCH3 is 1. The van der Waals surface area contributed by atoms with E-state index in [1.54, 1.807) is 13.2 Å². The fourth-order valence-corrected chi connectivity index (χ4v) is 1.68. The maximum Gasteiger partial charge on any atom is 0.123 e. The van der Waals surface area contributed by atoms with Crippen LogP contribution < -0.4 is 5.32 Å². The molecule has 4 heteroatoms. The van der Waals surface area contributed by atoms with Crippen molar-refractivity contribution in [1.29, 1.82) is 0 Å². The second-order valence-corrected chi connectivity index (χ2v) is 4.07. The fourth-order valence-electron chi connectivity index (χ4n) is 1.68. The summed E-state index contributed by atoms with van der Waals surface area (Å²) in [6.45, 7) is 4.88. The van der Waals surface area contributed by atoms with Crippen LogP contribution in [0.3, 0.4) is 0 Å². The van der Waals surface area contributed by atoms with Gasteiger partial charge in [-0.2, -0.15) is 0 Å². The van der Waals surface area contributed by atoms with Crippen molar-refractivity contribution in [2.24, 2.45) is 0 Å². The minimum Gasteiger partial charge on any atom is -0.385 e. The highest BCUT2D eigenvalue weighted by Gasteiger charge is 2.11. The van der Waals surface area contributed by atoms with Crippen molar-refractivity contribution < 1.29 is 13.9 Å². The summed E-state index contributed by atoms with van der Waals surface area (Å²) < 4.78 is 23.9. The number of likely N-dealkylation sites (N-methyl/N-ethyl adjacent to an activating group) is 1. The van der Waals surface area contributed by atoms with Crippen molar-refractivity contribution in [3.8, 4) is 0 Å². The lowest BCUT2D eigenvalue weighted by Gasteiger charge is -2.18. The van der Waals surface area contributed by atoms with Crippen molar-refractivity contribution in [3.05, 3.63) is 35.6 Å². The lowest BCUT2D eigenvalue weighted by molar-refractivity contribution is 0.0389. The Morgan fingerprint density at radius 1 is 1.33 bits per heavy atom. The summed E-state index contributed by atoms with van der Waals surface area (Å²) in [5, 5.41) is 3.23. The summed E-state index contributed by atoms with van der Waals surface area (Å²) >= 11 is 0. The van der Waals surface area contributed by atoms with Gasteiger partial charge in [0.25, 0.3) is 0 Å². The van der Waals surface area contributed by atoms with Crippen molar-refractivity contribution >= 4 is 0 Å². The average Bonchev–Trinajstić information content (AvgIpc) is 2.38. The second-order valence-electron chi connectivity index (χ2n) is 4.07. The molecular weight excluding hydrogens is 233 g/mol. The van der Waals surface area contributed by atoms with E-state index in [0.717, 1.165) is 18.5 Å². The molecule has 3 nitrogen and oxygen atoms in total. The molecule has 1 unspecified atom stereocenters. The molecule has 0 amide bonds. The fraction of sp³-hybridized carbons (Fsp3) is 0.571. The van der Waals surface area contributed by atoms with Crippen molar-refractivity contribution in [2.45, 2.75) is 19.4 Å². The van der Waals surface area contributed by atoms with Crippen LogP contribution in [-0.2, 0) is 9.47 Å². The van der Waals surface area contributed by atoms with Gasteiger partial charge in [0.15, 0.2) is 0 Å². The molecule has 0 aliphatic rings. The summed E-state index contributed by atoms with van der Waals surface area (Å²) in [4.78, 5) is 0. The summed E-state index contributed by atoms with van der Waals surface area (Å²) in [6.07, 6.45) is 0.728. The van der Waals surface area contributed by atoms with Crippen LogP contribution in [0.5, 0.6) is 0 Å². The molecule has 18 heavy (non-hydrogen) atoms. The minimum atomic E-state index is -0.227. The molecule has 1 atom stereocenters. The molecule has 1 aromatic rings. The van der Waals surface area contributed by atoms with Crippen LogP contribution in [0.2, 0.25) is 0 Å². The molecule has 0 radical (unpaired) electrons. The molecule has 0 heterocycles. The standard InChI is InChI=1S/C14H22FNO2/c1-3-16-11-14(18-9-5-8-17-2)12-6-4-7-13(15)10-12/h4,6-7,10,14,16H,3,5,8-9,11H2,1-2H3. The Labute approximate surface area is 108 Å². The minimum absolute atomic E-state index is 0.113. The smallest absolute Gasteiger partial charge is 0.123 e. The first-order valence-electron chi connectivity index (χ1n) is 6.34. The van der Waals surface area contributed by atoms with E-state index in [9.17, 15) is 4.39 Å². The lowest BCUT2D eigenvalue weighted by Crippen LogP contribution is -2.23. The van der Waals surface area contributed by atoms with E-state index >= 15 is 0 Å². The summed E-state index contributed by atoms with van der Waals surface area (Å²) in [7, 11) is 1.67. The molecule has 0 fully saturated rings. The number of rotatable bonds is 9. The van der Waals surface area contributed by atoms with Crippen molar-refractivity contribution in [2.75, 3.05) is 33.4 Å². The number of nitrogens with one attached hydrogen (secondary N) is 1. The average molecular weight is 255 g/mol. The first-order valence-corrected chi connectivity index (χ1v) is 6.34. The van der Waals surface area contributed by atoms with Gasteiger partial charge in [-0.1, -0.05) is 19.1 Å². The molecule has 1 N–H and O–H groups in total. The predicted molar refractivity (Wildman–Crippen MR) is 70.1 cm³/mol. The summed E-state index contributed by atoms with van der Waals surface area (Å²) in [6, 6.07) is 6.57. The van der Waals surface area contributed by atoms with Crippen LogP contribution in [0.4, 0.5) is 4.39 Å². The Morgan fingerprint density at radius 3 is 2.83 bits per heavy atom. The SMILES string of the molecule is CCNCC(OCCCOC)c1cccc(F)c1. The predicted octanol–water partition coefficient (Wildman–Crippen LogP) is 2.53. The van der Waals surface area contributed by atoms with Crippen molar-refractivity contribution in [1.82, 2.24) is 5.32 Å². The van der Waals surface area contributed by atoms with Gasteiger partial charge in [0.1, 0.15) is 5.82 Å². The normalized spacial score (nSPS) is 12.6. The second kappa shape index (κ2) is 9.03. The number of hydrogen-bond acceptors (Lipinski definition) is 3. The largest absolute Gasteiger partial charge is 0.385 e. The van der Waals surface area contributed by atoms with E-state index in [-0.39, 0.29) is 11.9 Å². The molecule has 0 saturated heterocycles. The van der Waals surface area contributed by atoms with E-state index in [4.69, 9.17) is 9.47 Å². The molecule has 0 saturated carbocycles. The maximum absolute atomic E-state index is 13.2. The summed E-state index contributed by atoms with van der Waals surface area (Å²) in [5.41, 5.74) is 0.869. The number of hydrogen-bond donors (Lipinski definition) is 1. The van der Waals surface area contributed by atoms with Crippen LogP contribution in [-0.4, -0.2) is 33.4 Å². The van der Waals surface area contributed by atoms with Gasteiger partial charge < -0.3 is 14.8 Å². The molecular formula is C14H22FNO2. The first kappa shape index (κ1) is 15.1. The van der Waals surface area contributed by atoms with E-state index in [0.29, 0.717) is 19.8 Å². The Kier molecular flexibility index (Phi) is 7.57. The van der Waals surface area contributed by atoms with E-state index in [1.807, 2.05) is 13.0 Å². The molecule has 102 valence electrons. The van der Waals surface area contributed by atoms with Crippen LogP contribution in [0.25, 0.3) is 0 Å². The molecule has 0 aliphatic carbocycles. The lowest BCUT2D eigenvalue weighted by atomic mass is 10.1. The number of benzene rings is 1. The van der Waals surface area contributed by atoms with Gasteiger partial charge in [0.05, 0.1) is 6.10 Å². The van der Waals surface area contributed by atoms with Crippen LogP contribution in [0, 0.1) is 5.82 Å². The van der Waals surface area contributed by atoms with Gasteiger partial charge >= 0.3 is 0 Å². The van der Waals surface area contributed by atoms with Gasteiger partial charge in [-0.25, -0.2) is 4.39 Å². The number of halogens is 1. The Bertz CT molecular complexity index is 333. The zero-order valence-corrected chi connectivity index (χ0v) is 11.1. The van der Waals surface area contributed by atoms with E-state index < -0.39 is 0 Å². The topological polar surface area (TPSA) is 30.5 Å². The Hall–Kier alpha value is -0.970. The van der Waals surface area contributed by atoms with Gasteiger partial charge in [-0.05, 0) is 30.7 Å². The third kappa shape index (κ3) is 5.58. The van der Waals surface area contributed by atoms with Crippen LogP contribution >= 0.6 is 0 Å². The van der Waals surface area contributed by atoms with Gasteiger partial charge in [-0.3, -0.25) is 0 Å². The van der Waals surface area contributed by atoms with E-state index in [1.165, 1.54) is 12.1 Å². The highest BCUT2D eigenvalue weighted by atomic mass is 19.1. The molecule has 0 aliphatic heterocycles. The van der Waals surface area contributed by atoms with Crippen LogP contribution in [0.15, 0.2) is 24.3 Å². The molecule has 0 bridgehead atoms.